The fourth-order valence-electron chi connectivity index (χ4n) is 1.86. The predicted octanol–water partition coefficient (Wildman–Crippen LogP) is 3.82. The summed E-state index contributed by atoms with van der Waals surface area (Å²) in [6, 6.07) is 4.23. The molecule has 3 nitrogen and oxygen atoms in total. The zero-order chi connectivity index (χ0) is 12.4. The summed E-state index contributed by atoms with van der Waals surface area (Å²) in [5.41, 5.74) is 3.18. The van der Waals surface area contributed by atoms with Crippen molar-refractivity contribution < 1.29 is 0 Å². The molecule has 0 saturated heterocycles. The predicted molar refractivity (Wildman–Crippen MR) is 73.2 cm³/mol. The monoisotopic (exact) mass is 227 g/mol. The van der Waals surface area contributed by atoms with Crippen molar-refractivity contribution in [1.82, 2.24) is 9.38 Å². The summed E-state index contributed by atoms with van der Waals surface area (Å²) in [4.78, 5) is 8.44. The summed E-state index contributed by atoms with van der Waals surface area (Å²) in [6.07, 6.45) is 6.02. The minimum atomic E-state index is 0.502. The van der Waals surface area contributed by atoms with Crippen molar-refractivity contribution in [3.05, 3.63) is 35.7 Å². The van der Waals surface area contributed by atoms with Gasteiger partial charge >= 0.3 is 0 Å². The number of allylic oxidation sites excluding steroid dienone is 1. The summed E-state index contributed by atoms with van der Waals surface area (Å²) >= 11 is 0. The molecule has 17 heavy (non-hydrogen) atoms. The van der Waals surface area contributed by atoms with Crippen LogP contribution < -0.4 is 0 Å². The van der Waals surface area contributed by atoms with Crippen molar-refractivity contribution >= 4 is 24.3 Å². The molecule has 0 unspecified atom stereocenters. The fourth-order valence-corrected chi connectivity index (χ4v) is 1.86. The first kappa shape index (κ1) is 11.6. The van der Waals surface area contributed by atoms with Crippen LogP contribution in [0.1, 0.15) is 37.9 Å². The molecule has 3 heteroatoms. The second-order valence-electron chi connectivity index (χ2n) is 4.32. The lowest BCUT2D eigenvalue weighted by Crippen LogP contribution is -1.92. The Morgan fingerprint density at radius 3 is 2.82 bits per heavy atom. The highest BCUT2D eigenvalue weighted by molar-refractivity contribution is 5.66. The fraction of sp³-hybridized carbons (Fsp3) is 0.286. The maximum atomic E-state index is 4.48. The third kappa shape index (κ3) is 2.00. The second-order valence-corrected chi connectivity index (χ2v) is 4.32. The van der Waals surface area contributed by atoms with Crippen LogP contribution in [-0.4, -0.2) is 16.1 Å². The summed E-state index contributed by atoms with van der Waals surface area (Å²) in [5, 5.41) is 0. The first-order chi connectivity index (χ1) is 8.17. The first-order valence-electron chi connectivity index (χ1n) is 5.78. The van der Waals surface area contributed by atoms with Crippen molar-refractivity contribution in [3.63, 3.8) is 0 Å². The molecule has 0 bridgehead atoms. The topological polar surface area (TPSA) is 29.7 Å². The van der Waals surface area contributed by atoms with Gasteiger partial charge in [0.1, 0.15) is 5.65 Å². The Morgan fingerprint density at radius 2 is 2.24 bits per heavy atom. The number of aliphatic imine (C=N–C) groups is 1. The van der Waals surface area contributed by atoms with Crippen LogP contribution in [0.4, 0.5) is 5.82 Å². The van der Waals surface area contributed by atoms with Gasteiger partial charge in [0.2, 0.25) is 0 Å². The maximum absolute atomic E-state index is 4.48. The quantitative estimate of drug-likeness (QED) is 0.733. The lowest BCUT2D eigenvalue weighted by atomic mass is 10.1. The Bertz CT molecular complexity index is 576. The molecule has 0 atom stereocenters. The zero-order valence-corrected chi connectivity index (χ0v) is 10.5. The molecule has 2 aromatic heterocycles. The number of fused-ring (bicyclic) bond motifs is 1. The van der Waals surface area contributed by atoms with E-state index in [9.17, 15) is 0 Å². The van der Waals surface area contributed by atoms with E-state index >= 15 is 0 Å². The second kappa shape index (κ2) is 4.53. The number of pyridine rings is 1. The molecule has 0 fully saturated rings. The minimum absolute atomic E-state index is 0.502. The first-order valence-corrected chi connectivity index (χ1v) is 5.78. The highest BCUT2D eigenvalue weighted by Gasteiger charge is 2.09. The number of nitrogens with zero attached hydrogens (tertiary/aromatic N) is 3. The molecule has 0 aromatic carbocycles. The van der Waals surface area contributed by atoms with Crippen LogP contribution in [0.2, 0.25) is 0 Å². The van der Waals surface area contributed by atoms with Crippen LogP contribution in [0.25, 0.3) is 11.7 Å². The molecule has 0 amide bonds. The third-order valence-corrected chi connectivity index (χ3v) is 2.81. The minimum Gasteiger partial charge on any atom is -0.298 e. The normalized spacial score (nSPS) is 11.8. The molecule has 2 heterocycles. The summed E-state index contributed by atoms with van der Waals surface area (Å²) < 4.78 is 2.04. The van der Waals surface area contributed by atoms with E-state index in [0.29, 0.717) is 11.7 Å². The van der Waals surface area contributed by atoms with Crippen molar-refractivity contribution in [1.29, 1.82) is 0 Å². The molecule has 0 aliphatic rings. The molecule has 0 N–H and O–H groups in total. The third-order valence-electron chi connectivity index (χ3n) is 2.81. The number of rotatable bonds is 3. The van der Waals surface area contributed by atoms with Crippen molar-refractivity contribution in [3.8, 4) is 0 Å². The standard InChI is InChI=1S/C14H17N3/c1-5-6-12-14(15-4)16-13-9-11(10(2)3)7-8-17(12)13/h5-10H,4H2,1-3H3/b6-5-. The average molecular weight is 227 g/mol. The summed E-state index contributed by atoms with van der Waals surface area (Å²) in [7, 11) is 0. The van der Waals surface area contributed by atoms with Gasteiger partial charge in [0.25, 0.3) is 0 Å². The molecule has 0 aliphatic carbocycles. The van der Waals surface area contributed by atoms with Crippen LogP contribution in [-0.2, 0) is 0 Å². The van der Waals surface area contributed by atoms with Crippen LogP contribution in [0.5, 0.6) is 0 Å². The molecular formula is C14H17N3. The van der Waals surface area contributed by atoms with Gasteiger partial charge in [0.15, 0.2) is 5.82 Å². The van der Waals surface area contributed by atoms with Crippen LogP contribution in [0, 0.1) is 0 Å². The Labute approximate surface area is 102 Å². The highest BCUT2D eigenvalue weighted by Crippen LogP contribution is 2.24. The van der Waals surface area contributed by atoms with E-state index in [4.69, 9.17) is 0 Å². The van der Waals surface area contributed by atoms with E-state index in [1.807, 2.05) is 29.7 Å². The van der Waals surface area contributed by atoms with Gasteiger partial charge in [-0.2, -0.15) is 0 Å². The number of aromatic nitrogens is 2. The molecule has 2 rings (SSSR count). The maximum Gasteiger partial charge on any atom is 0.178 e. The number of hydrogen-bond donors (Lipinski definition) is 0. The molecule has 88 valence electrons. The molecule has 0 saturated carbocycles. The van der Waals surface area contributed by atoms with Gasteiger partial charge in [-0.3, -0.25) is 4.40 Å². The van der Waals surface area contributed by atoms with Crippen LogP contribution in [0.15, 0.2) is 29.4 Å². The number of hydrogen-bond acceptors (Lipinski definition) is 2. The van der Waals surface area contributed by atoms with E-state index < -0.39 is 0 Å². The van der Waals surface area contributed by atoms with E-state index in [1.54, 1.807) is 0 Å². The lowest BCUT2D eigenvalue weighted by molar-refractivity contribution is 0.862. The Kier molecular flexibility index (Phi) is 3.09. The zero-order valence-electron chi connectivity index (χ0n) is 10.5. The average Bonchev–Trinajstić information content (AvgIpc) is 2.67. The van der Waals surface area contributed by atoms with E-state index in [0.717, 1.165) is 11.3 Å². The van der Waals surface area contributed by atoms with Gasteiger partial charge in [0.05, 0.1) is 5.69 Å². The van der Waals surface area contributed by atoms with Crippen molar-refractivity contribution in [2.75, 3.05) is 0 Å². The van der Waals surface area contributed by atoms with Gasteiger partial charge < -0.3 is 0 Å². The van der Waals surface area contributed by atoms with Crippen molar-refractivity contribution in [2.45, 2.75) is 26.7 Å². The largest absolute Gasteiger partial charge is 0.298 e. The summed E-state index contributed by atoms with van der Waals surface area (Å²) in [5.74, 6) is 1.19. The van der Waals surface area contributed by atoms with Crippen LogP contribution >= 0.6 is 0 Å². The van der Waals surface area contributed by atoms with E-state index in [1.165, 1.54) is 5.56 Å². The van der Waals surface area contributed by atoms with Gasteiger partial charge in [-0.1, -0.05) is 19.9 Å². The molecule has 2 aromatic rings. The van der Waals surface area contributed by atoms with Gasteiger partial charge in [-0.15, -0.1) is 0 Å². The Morgan fingerprint density at radius 1 is 1.47 bits per heavy atom. The highest BCUT2D eigenvalue weighted by atomic mass is 15.1. The molecule has 0 radical (unpaired) electrons. The molecule has 0 aliphatic heterocycles. The SMILES string of the molecule is C=Nc1nc2cc(C(C)C)ccn2c1/C=C\C. The molecule has 0 spiro atoms. The van der Waals surface area contributed by atoms with Gasteiger partial charge in [-0.05, 0) is 43.3 Å². The smallest absolute Gasteiger partial charge is 0.178 e. The van der Waals surface area contributed by atoms with Gasteiger partial charge in [0, 0.05) is 6.20 Å². The number of imidazole rings is 1. The van der Waals surface area contributed by atoms with Gasteiger partial charge in [-0.25, -0.2) is 9.98 Å². The summed E-state index contributed by atoms with van der Waals surface area (Å²) in [6.45, 7) is 9.90. The molecular weight excluding hydrogens is 210 g/mol. The Balaban J connectivity index is 2.69. The van der Waals surface area contributed by atoms with E-state index in [2.05, 4.69) is 42.7 Å². The van der Waals surface area contributed by atoms with Crippen molar-refractivity contribution in [2.24, 2.45) is 4.99 Å². The van der Waals surface area contributed by atoms with Crippen LogP contribution in [0.3, 0.4) is 0 Å². The van der Waals surface area contributed by atoms with E-state index in [-0.39, 0.29) is 0 Å². The lowest BCUT2D eigenvalue weighted by Gasteiger charge is -2.05. The Hall–Kier alpha value is -1.90.